The Kier molecular flexibility index (Phi) is 5.36. The van der Waals surface area contributed by atoms with Gasteiger partial charge in [0.05, 0.1) is 24.2 Å². The van der Waals surface area contributed by atoms with Crippen LogP contribution in [0.1, 0.15) is 25.6 Å². The number of aryl methyl sites for hydroxylation is 1. The van der Waals surface area contributed by atoms with Gasteiger partial charge in [-0.2, -0.15) is 0 Å². The molecule has 0 aliphatic rings. The Bertz CT molecular complexity index is 507. The van der Waals surface area contributed by atoms with E-state index in [9.17, 15) is 0 Å². The van der Waals surface area contributed by atoms with Crippen molar-refractivity contribution < 1.29 is 4.74 Å². The summed E-state index contributed by atoms with van der Waals surface area (Å²) in [5.41, 5.74) is 7.71. The number of hydrogen-bond donors (Lipinski definition) is 1. The van der Waals surface area contributed by atoms with Crippen molar-refractivity contribution in [1.29, 1.82) is 0 Å². The summed E-state index contributed by atoms with van der Waals surface area (Å²) in [6.07, 6.45) is 3.39. The number of benzene rings is 1. The molecule has 0 amide bonds. The summed E-state index contributed by atoms with van der Waals surface area (Å²) in [4.78, 5) is 4.73. The molecule has 0 aliphatic heterocycles. The van der Waals surface area contributed by atoms with Crippen LogP contribution in [0.25, 0.3) is 11.0 Å². The van der Waals surface area contributed by atoms with Crippen molar-refractivity contribution in [3.05, 3.63) is 30.1 Å². The van der Waals surface area contributed by atoms with Crippen LogP contribution in [0.4, 0.5) is 0 Å². The standard InChI is InChI=1S/C15H23N3O/c1-2-3-8-15-17-13-6-4-5-7-14(13)18(15)10-12-19-11-9-16/h4-7H,2-3,8-12,16H2,1H3. The van der Waals surface area contributed by atoms with Crippen LogP contribution in [-0.2, 0) is 17.7 Å². The van der Waals surface area contributed by atoms with Gasteiger partial charge in [-0.3, -0.25) is 0 Å². The molecule has 1 aromatic carbocycles. The average Bonchev–Trinajstić information content (AvgIpc) is 2.79. The first kappa shape index (κ1) is 14.0. The van der Waals surface area contributed by atoms with Gasteiger partial charge in [0.1, 0.15) is 5.82 Å². The van der Waals surface area contributed by atoms with E-state index in [0.29, 0.717) is 19.8 Å². The second-order valence-electron chi connectivity index (χ2n) is 4.67. The quantitative estimate of drug-likeness (QED) is 0.742. The fourth-order valence-electron chi connectivity index (χ4n) is 2.24. The molecule has 0 aliphatic carbocycles. The lowest BCUT2D eigenvalue weighted by atomic mass is 10.2. The van der Waals surface area contributed by atoms with Crippen molar-refractivity contribution in [3.63, 3.8) is 0 Å². The summed E-state index contributed by atoms with van der Waals surface area (Å²) in [5, 5.41) is 0. The number of rotatable bonds is 8. The minimum Gasteiger partial charge on any atom is -0.378 e. The molecule has 0 spiro atoms. The first-order chi connectivity index (χ1) is 9.36. The summed E-state index contributed by atoms with van der Waals surface area (Å²) in [5.74, 6) is 1.17. The van der Waals surface area contributed by atoms with Crippen molar-refractivity contribution in [2.45, 2.75) is 32.7 Å². The number of para-hydroxylation sites is 2. The molecule has 4 nitrogen and oxygen atoms in total. The van der Waals surface area contributed by atoms with Crippen LogP contribution >= 0.6 is 0 Å². The van der Waals surface area contributed by atoms with Gasteiger partial charge in [-0.15, -0.1) is 0 Å². The fourth-order valence-corrected chi connectivity index (χ4v) is 2.24. The van der Waals surface area contributed by atoms with E-state index in [0.717, 1.165) is 18.5 Å². The van der Waals surface area contributed by atoms with E-state index in [4.69, 9.17) is 15.5 Å². The molecule has 2 aromatic rings. The van der Waals surface area contributed by atoms with Crippen molar-refractivity contribution in [2.75, 3.05) is 19.8 Å². The fraction of sp³-hybridized carbons (Fsp3) is 0.533. The summed E-state index contributed by atoms with van der Waals surface area (Å²) >= 11 is 0. The van der Waals surface area contributed by atoms with Crippen molar-refractivity contribution >= 4 is 11.0 Å². The maximum atomic E-state index is 5.49. The smallest absolute Gasteiger partial charge is 0.109 e. The molecule has 4 heteroatoms. The monoisotopic (exact) mass is 261 g/mol. The number of imidazole rings is 1. The zero-order valence-corrected chi connectivity index (χ0v) is 11.6. The highest BCUT2D eigenvalue weighted by atomic mass is 16.5. The van der Waals surface area contributed by atoms with Gasteiger partial charge in [-0.1, -0.05) is 25.5 Å². The van der Waals surface area contributed by atoms with Gasteiger partial charge in [0.2, 0.25) is 0 Å². The number of fused-ring (bicyclic) bond motifs is 1. The number of aromatic nitrogens is 2. The molecule has 0 atom stereocenters. The van der Waals surface area contributed by atoms with Crippen LogP contribution in [-0.4, -0.2) is 29.3 Å². The Labute approximate surface area is 114 Å². The predicted octanol–water partition coefficient (Wildman–Crippen LogP) is 2.35. The van der Waals surface area contributed by atoms with E-state index in [1.165, 1.54) is 24.2 Å². The van der Waals surface area contributed by atoms with Gasteiger partial charge < -0.3 is 15.0 Å². The van der Waals surface area contributed by atoms with Crippen molar-refractivity contribution in [3.8, 4) is 0 Å². The zero-order chi connectivity index (χ0) is 13.5. The van der Waals surface area contributed by atoms with Gasteiger partial charge in [0.25, 0.3) is 0 Å². The van der Waals surface area contributed by atoms with Gasteiger partial charge in [0.15, 0.2) is 0 Å². The minimum absolute atomic E-state index is 0.577. The van der Waals surface area contributed by atoms with Crippen LogP contribution in [0.3, 0.4) is 0 Å². The van der Waals surface area contributed by atoms with Crippen molar-refractivity contribution in [2.24, 2.45) is 5.73 Å². The second-order valence-corrected chi connectivity index (χ2v) is 4.67. The Morgan fingerprint density at radius 3 is 2.89 bits per heavy atom. The summed E-state index contributed by atoms with van der Waals surface area (Å²) in [6, 6.07) is 8.29. The topological polar surface area (TPSA) is 53.1 Å². The van der Waals surface area contributed by atoms with Gasteiger partial charge in [-0.05, 0) is 18.6 Å². The maximum absolute atomic E-state index is 5.49. The van der Waals surface area contributed by atoms with Crippen LogP contribution in [0.15, 0.2) is 24.3 Å². The van der Waals surface area contributed by atoms with Gasteiger partial charge in [0, 0.05) is 19.5 Å². The lowest BCUT2D eigenvalue weighted by Crippen LogP contribution is -2.14. The molecular weight excluding hydrogens is 238 g/mol. The van der Waals surface area contributed by atoms with Gasteiger partial charge in [-0.25, -0.2) is 4.98 Å². The molecule has 2 N–H and O–H groups in total. The molecule has 0 bridgehead atoms. The van der Waals surface area contributed by atoms with Crippen LogP contribution in [0.2, 0.25) is 0 Å². The van der Waals surface area contributed by atoms with E-state index >= 15 is 0 Å². The Balaban J connectivity index is 2.16. The predicted molar refractivity (Wildman–Crippen MR) is 78.2 cm³/mol. The molecule has 0 unspecified atom stereocenters. The second kappa shape index (κ2) is 7.26. The molecule has 104 valence electrons. The third-order valence-electron chi connectivity index (χ3n) is 3.21. The highest BCUT2D eigenvalue weighted by molar-refractivity contribution is 5.75. The third kappa shape index (κ3) is 3.55. The average molecular weight is 261 g/mol. The van der Waals surface area contributed by atoms with E-state index in [-0.39, 0.29) is 0 Å². The Morgan fingerprint density at radius 2 is 2.11 bits per heavy atom. The molecular formula is C15H23N3O. The summed E-state index contributed by atoms with van der Waals surface area (Å²) in [7, 11) is 0. The molecule has 1 aromatic heterocycles. The number of nitrogens with zero attached hydrogens (tertiary/aromatic N) is 2. The Hall–Kier alpha value is -1.39. The van der Waals surface area contributed by atoms with Crippen LogP contribution in [0.5, 0.6) is 0 Å². The summed E-state index contributed by atoms with van der Waals surface area (Å²) in [6.45, 7) is 4.94. The normalized spacial score (nSPS) is 11.3. The molecule has 1 heterocycles. The first-order valence-corrected chi connectivity index (χ1v) is 7.08. The molecule has 2 rings (SSSR count). The lowest BCUT2D eigenvalue weighted by molar-refractivity contribution is 0.133. The van der Waals surface area contributed by atoms with E-state index in [2.05, 4.69) is 29.7 Å². The van der Waals surface area contributed by atoms with Crippen LogP contribution < -0.4 is 5.73 Å². The zero-order valence-electron chi connectivity index (χ0n) is 11.6. The maximum Gasteiger partial charge on any atom is 0.109 e. The molecule has 0 radical (unpaired) electrons. The van der Waals surface area contributed by atoms with E-state index in [1.807, 2.05) is 6.07 Å². The third-order valence-corrected chi connectivity index (χ3v) is 3.21. The highest BCUT2D eigenvalue weighted by Gasteiger charge is 2.09. The molecule has 0 saturated carbocycles. The molecule has 0 saturated heterocycles. The largest absolute Gasteiger partial charge is 0.378 e. The SMILES string of the molecule is CCCCc1nc2ccccc2n1CCOCCN. The number of nitrogens with two attached hydrogens (primary N) is 1. The lowest BCUT2D eigenvalue weighted by Gasteiger charge is -2.09. The first-order valence-electron chi connectivity index (χ1n) is 7.08. The minimum atomic E-state index is 0.577. The summed E-state index contributed by atoms with van der Waals surface area (Å²) < 4.78 is 7.77. The molecule has 19 heavy (non-hydrogen) atoms. The molecule has 0 fully saturated rings. The van der Waals surface area contributed by atoms with Crippen molar-refractivity contribution in [1.82, 2.24) is 9.55 Å². The van der Waals surface area contributed by atoms with Crippen LogP contribution in [0, 0.1) is 0 Å². The van der Waals surface area contributed by atoms with Gasteiger partial charge >= 0.3 is 0 Å². The number of ether oxygens (including phenoxy) is 1. The van der Waals surface area contributed by atoms with E-state index in [1.54, 1.807) is 0 Å². The Morgan fingerprint density at radius 1 is 1.26 bits per heavy atom. The number of hydrogen-bond acceptors (Lipinski definition) is 3. The highest BCUT2D eigenvalue weighted by Crippen LogP contribution is 2.17. The number of unbranched alkanes of at least 4 members (excludes halogenated alkanes) is 1. The van der Waals surface area contributed by atoms with E-state index < -0.39 is 0 Å².